The van der Waals surface area contributed by atoms with Crippen molar-refractivity contribution in [1.29, 1.82) is 0 Å². The lowest BCUT2D eigenvalue weighted by atomic mass is 10.4. The minimum absolute atomic E-state index is 0. The Bertz CT molecular complexity index is 30.5. The fourth-order valence-electron chi connectivity index (χ4n) is 0. The summed E-state index contributed by atoms with van der Waals surface area (Å²) >= 11 is 0. The van der Waals surface area contributed by atoms with Crippen molar-refractivity contribution in [2.75, 3.05) is 0 Å². The Hall–Kier alpha value is -0.370. The van der Waals surface area contributed by atoms with Crippen molar-refractivity contribution in [3.05, 3.63) is 12.2 Å². The Morgan fingerprint density at radius 3 is 1.33 bits per heavy atom. The SMILES string of the molecule is C=C(C)C.F.O. The highest BCUT2D eigenvalue weighted by Crippen LogP contribution is 1.73. The van der Waals surface area contributed by atoms with Crippen LogP contribution in [0.3, 0.4) is 0 Å². The maximum atomic E-state index is 3.56. The van der Waals surface area contributed by atoms with Gasteiger partial charge < -0.3 is 5.48 Å². The van der Waals surface area contributed by atoms with E-state index in [1.165, 1.54) is 5.57 Å². The summed E-state index contributed by atoms with van der Waals surface area (Å²) < 4.78 is 0. The molecular weight excluding hydrogens is 83.0 g/mol. The highest BCUT2D eigenvalue weighted by atomic mass is 19.0. The molecule has 0 aromatic carbocycles. The van der Waals surface area contributed by atoms with Gasteiger partial charge in [-0.3, -0.25) is 4.70 Å². The topological polar surface area (TPSA) is 31.5 Å². The van der Waals surface area contributed by atoms with Crippen LogP contribution in [0.1, 0.15) is 13.8 Å². The summed E-state index contributed by atoms with van der Waals surface area (Å²) in [5.41, 5.74) is 1.17. The lowest BCUT2D eigenvalue weighted by Crippen LogP contribution is -1.43. The van der Waals surface area contributed by atoms with Gasteiger partial charge in [0.15, 0.2) is 0 Å². The summed E-state index contributed by atoms with van der Waals surface area (Å²) in [5, 5.41) is 0. The molecule has 40 valence electrons. The Kier molecular flexibility index (Phi) is 25.7. The molecule has 0 unspecified atom stereocenters. The number of halogens is 1. The summed E-state index contributed by atoms with van der Waals surface area (Å²) in [4.78, 5) is 0. The maximum absolute atomic E-state index is 3.56. The molecule has 0 amide bonds. The zero-order chi connectivity index (χ0) is 3.58. The van der Waals surface area contributed by atoms with Crippen molar-refractivity contribution in [1.82, 2.24) is 0 Å². The number of rotatable bonds is 0. The van der Waals surface area contributed by atoms with E-state index in [0.717, 1.165) is 0 Å². The van der Waals surface area contributed by atoms with Crippen LogP contribution in [0.15, 0.2) is 12.2 Å². The molecule has 0 aliphatic heterocycles. The number of hydrogen-bond acceptors (Lipinski definition) is 0. The van der Waals surface area contributed by atoms with Crippen LogP contribution >= 0.6 is 0 Å². The van der Waals surface area contributed by atoms with E-state index in [2.05, 4.69) is 6.58 Å². The molecule has 0 saturated carbocycles. The van der Waals surface area contributed by atoms with E-state index >= 15 is 0 Å². The van der Waals surface area contributed by atoms with Crippen molar-refractivity contribution in [3.8, 4) is 0 Å². The zero-order valence-corrected chi connectivity index (χ0v) is 4.12. The molecule has 0 bridgehead atoms. The molecule has 0 aliphatic carbocycles. The van der Waals surface area contributed by atoms with Crippen LogP contribution in [-0.2, 0) is 0 Å². The molecule has 2 heteroatoms. The molecule has 0 radical (unpaired) electrons. The van der Waals surface area contributed by atoms with Gasteiger partial charge in [-0.05, 0) is 13.8 Å². The third-order valence-corrected chi connectivity index (χ3v) is 0. The van der Waals surface area contributed by atoms with Crippen molar-refractivity contribution >= 4 is 0 Å². The first-order valence-corrected chi connectivity index (χ1v) is 1.35. The first-order chi connectivity index (χ1) is 1.73. The molecule has 0 aromatic rings. The minimum atomic E-state index is 0. The van der Waals surface area contributed by atoms with Gasteiger partial charge in [-0.15, -0.1) is 6.58 Å². The Labute approximate surface area is 37.4 Å². The summed E-state index contributed by atoms with van der Waals surface area (Å²) in [7, 11) is 0. The van der Waals surface area contributed by atoms with Gasteiger partial charge >= 0.3 is 0 Å². The van der Waals surface area contributed by atoms with Crippen LogP contribution in [0.25, 0.3) is 0 Å². The third-order valence-electron chi connectivity index (χ3n) is 0. The first-order valence-electron chi connectivity index (χ1n) is 1.35. The average Bonchev–Trinajstić information content (AvgIpc) is 0.811. The van der Waals surface area contributed by atoms with Gasteiger partial charge in [0.1, 0.15) is 0 Å². The van der Waals surface area contributed by atoms with E-state index < -0.39 is 0 Å². The van der Waals surface area contributed by atoms with Crippen LogP contribution in [0, 0.1) is 0 Å². The zero-order valence-electron chi connectivity index (χ0n) is 4.12. The minimum Gasteiger partial charge on any atom is -0.412 e. The quantitative estimate of drug-likeness (QED) is 0.399. The van der Waals surface area contributed by atoms with Crippen LogP contribution in [0.2, 0.25) is 0 Å². The van der Waals surface area contributed by atoms with Crippen LogP contribution in [0.5, 0.6) is 0 Å². The molecule has 0 fully saturated rings. The summed E-state index contributed by atoms with van der Waals surface area (Å²) in [6.07, 6.45) is 0. The van der Waals surface area contributed by atoms with Crippen molar-refractivity contribution in [2.45, 2.75) is 13.8 Å². The van der Waals surface area contributed by atoms with Gasteiger partial charge in [-0.1, -0.05) is 5.57 Å². The molecule has 0 aromatic heterocycles. The Balaban J connectivity index is -0.0000000450. The van der Waals surface area contributed by atoms with E-state index in [-0.39, 0.29) is 10.2 Å². The van der Waals surface area contributed by atoms with E-state index in [9.17, 15) is 0 Å². The van der Waals surface area contributed by atoms with Gasteiger partial charge in [-0.2, -0.15) is 0 Å². The highest BCUT2D eigenvalue weighted by molar-refractivity contribution is 4.78. The fourth-order valence-corrected chi connectivity index (χ4v) is 0. The van der Waals surface area contributed by atoms with Crippen LogP contribution < -0.4 is 0 Å². The molecular formula is C4H11FO. The van der Waals surface area contributed by atoms with E-state index in [1.807, 2.05) is 13.8 Å². The van der Waals surface area contributed by atoms with E-state index in [1.54, 1.807) is 0 Å². The van der Waals surface area contributed by atoms with Crippen molar-refractivity contribution in [3.63, 3.8) is 0 Å². The van der Waals surface area contributed by atoms with Crippen LogP contribution in [0.4, 0.5) is 4.70 Å². The Morgan fingerprint density at radius 1 is 1.33 bits per heavy atom. The van der Waals surface area contributed by atoms with Crippen molar-refractivity contribution in [2.24, 2.45) is 0 Å². The second kappa shape index (κ2) is 8.82. The van der Waals surface area contributed by atoms with Gasteiger partial charge in [0, 0.05) is 0 Å². The predicted molar refractivity (Wildman–Crippen MR) is 26.6 cm³/mol. The summed E-state index contributed by atoms with van der Waals surface area (Å²) in [5.74, 6) is 0. The molecule has 0 aliphatic rings. The summed E-state index contributed by atoms with van der Waals surface area (Å²) in [6.45, 7) is 7.50. The lowest BCUT2D eigenvalue weighted by Gasteiger charge is -1.65. The van der Waals surface area contributed by atoms with E-state index in [4.69, 9.17) is 0 Å². The standard InChI is InChI=1S/C4H8.FH.H2O/c1-4(2)3;;/h1H2,2-3H3;1H;1H2. The second-order valence-corrected chi connectivity index (χ2v) is 1.21. The number of hydrogen-bond donors (Lipinski definition) is 0. The highest BCUT2D eigenvalue weighted by Gasteiger charge is 1.51. The predicted octanol–water partition coefficient (Wildman–Crippen LogP) is 0.910. The van der Waals surface area contributed by atoms with Gasteiger partial charge in [-0.25, -0.2) is 0 Å². The van der Waals surface area contributed by atoms with Gasteiger partial charge in [0.25, 0.3) is 0 Å². The maximum Gasteiger partial charge on any atom is -0.0445 e. The smallest absolute Gasteiger partial charge is 0.0445 e. The van der Waals surface area contributed by atoms with Gasteiger partial charge in [0.2, 0.25) is 0 Å². The lowest BCUT2D eigenvalue weighted by molar-refractivity contribution is 0.824. The second-order valence-electron chi connectivity index (χ2n) is 1.21. The molecule has 2 N–H and O–H groups in total. The van der Waals surface area contributed by atoms with E-state index in [0.29, 0.717) is 0 Å². The monoisotopic (exact) mass is 94.1 g/mol. The average molecular weight is 94.1 g/mol. The van der Waals surface area contributed by atoms with Crippen LogP contribution in [-0.4, -0.2) is 5.48 Å². The summed E-state index contributed by atoms with van der Waals surface area (Å²) in [6, 6.07) is 0. The molecule has 0 saturated heterocycles. The molecule has 0 heterocycles. The molecule has 0 atom stereocenters. The van der Waals surface area contributed by atoms with Crippen molar-refractivity contribution < 1.29 is 10.2 Å². The normalized spacial score (nSPS) is 4.33. The largest absolute Gasteiger partial charge is 0.412 e. The Morgan fingerprint density at radius 2 is 1.33 bits per heavy atom. The molecule has 6 heavy (non-hydrogen) atoms. The third kappa shape index (κ3) is 183. The number of allylic oxidation sites excluding steroid dienone is 1. The fraction of sp³-hybridized carbons (Fsp3) is 0.500. The molecule has 1 nitrogen and oxygen atoms in total. The molecule has 0 spiro atoms. The molecule has 0 rings (SSSR count). The first kappa shape index (κ1) is 17.4. The van der Waals surface area contributed by atoms with Gasteiger partial charge in [0.05, 0.1) is 0 Å².